The lowest BCUT2D eigenvalue weighted by Gasteiger charge is -2.35. The van der Waals surface area contributed by atoms with Gasteiger partial charge in [0.25, 0.3) is 0 Å². The minimum Gasteiger partial charge on any atom is -0.314 e. The zero-order valence-electron chi connectivity index (χ0n) is 6.47. The van der Waals surface area contributed by atoms with Gasteiger partial charge in [-0.3, -0.25) is 0 Å². The van der Waals surface area contributed by atoms with Crippen LogP contribution < -0.4 is 5.32 Å². The lowest BCUT2D eigenvalue weighted by molar-refractivity contribution is 0.261. The Morgan fingerprint density at radius 1 is 1.20 bits per heavy atom. The SMILES string of the molecule is [CH]1CCNC2CCCCC12. The fourth-order valence-electron chi connectivity index (χ4n) is 2.26. The van der Waals surface area contributed by atoms with Gasteiger partial charge in [-0.2, -0.15) is 0 Å². The van der Waals surface area contributed by atoms with Crippen LogP contribution in [0.2, 0.25) is 0 Å². The summed E-state index contributed by atoms with van der Waals surface area (Å²) in [5, 5.41) is 3.59. The van der Waals surface area contributed by atoms with Crippen LogP contribution in [0, 0.1) is 12.3 Å². The highest BCUT2D eigenvalue weighted by molar-refractivity contribution is 4.93. The summed E-state index contributed by atoms with van der Waals surface area (Å²) in [6.45, 7) is 1.22. The maximum atomic E-state index is 3.59. The van der Waals surface area contributed by atoms with Gasteiger partial charge in [-0.25, -0.2) is 0 Å². The van der Waals surface area contributed by atoms with Gasteiger partial charge in [-0.1, -0.05) is 12.8 Å². The second-order valence-electron chi connectivity index (χ2n) is 3.53. The Morgan fingerprint density at radius 2 is 2.10 bits per heavy atom. The molecule has 2 aliphatic rings. The van der Waals surface area contributed by atoms with Crippen LogP contribution in [0.5, 0.6) is 0 Å². The largest absolute Gasteiger partial charge is 0.314 e. The minimum absolute atomic E-state index is 0.850. The number of rotatable bonds is 0. The molecule has 2 atom stereocenters. The van der Waals surface area contributed by atoms with E-state index in [2.05, 4.69) is 11.7 Å². The van der Waals surface area contributed by atoms with Gasteiger partial charge < -0.3 is 5.32 Å². The molecule has 0 aromatic heterocycles. The molecule has 1 heterocycles. The molecule has 1 heteroatoms. The van der Waals surface area contributed by atoms with E-state index in [4.69, 9.17) is 0 Å². The summed E-state index contributed by atoms with van der Waals surface area (Å²) in [5.74, 6) is 0.919. The molecule has 0 amide bonds. The molecule has 1 N–H and O–H groups in total. The van der Waals surface area contributed by atoms with Gasteiger partial charge in [0.2, 0.25) is 0 Å². The molecule has 1 saturated heterocycles. The van der Waals surface area contributed by atoms with Gasteiger partial charge in [0.1, 0.15) is 0 Å². The molecule has 1 aliphatic heterocycles. The van der Waals surface area contributed by atoms with E-state index in [1.165, 1.54) is 38.6 Å². The summed E-state index contributed by atoms with van der Waals surface area (Å²) in [5.41, 5.74) is 0. The van der Waals surface area contributed by atoms with E-state index in [9.17, 15) is 0 Å². The Kier molecular flexibility index (Phi) is 1.94. The van der Waals surface area contributed by atoms with Gasteiger partial charge in [-0.15, -0.1) is 0 Å². The number of nitrogens with one attached hydrogen (secondary N) is 1. The number of piperidine rings is 1. The van der Waals surface area contributed by atoms with Crippen LogP contribution in [0.1, 0.15) is 32.1 Å². The molecule has 0 spiro atoms. The van der Waals surface area contributed by atoms with Crippen molar-refractivity contribution in [1.82, 2.24) is 5.32 Å². The fraction of sp³-hybridized carbons (Fsp3) is 0.889. The minimum atomic E-state index is 0.850. The molecule has 0 bridgehead atoms. The van der Waals surface area contributed by atoms with Crippen molar-refractivity contribution >= 4 is 0 Å². The third kappa shape index (κ3) is 1.20. The van der Waals surface area contributed by atoms with Crippen molar-refractivity contribution < 1.29 is 0 Å². The Balaban J connectivity index is 1.93. The lowest BCUT2D eigenvalue weighted by Crippen LogP contribution is -2.43. The van der Waals surface area contributed by atoms with Crippen LogP contribution in [0.15, 0.2) is 0 Å². The summed E-state index contributed by atoms with van der Waals surface area (Å²) in [4.78, 5) is 0. The average molecular weight is 138 g/mol. The van der Waals surface area contributed by atoms with E-state index >= 15 is 0 Å². The standard InChI is InChI=1S/C9H16N/c1-2-6-9-8(4-1)5-3-7-10-9/h5,8-10H,1-4,6-7H2. The average Bonchev–Trinajstić information content (AvgIpc) is 2.05. The van der Waals surface area contributed by atoms with E-state index in [1.54, 1.807) is 0 Å². The second-order valence-corrected chi connectivity index (χ2v) is 3.53. The zero-order valence-corrected chi connectivity index (χ0v) is 6.47. The third-order valence-electron chi connectivity index (χ3n) is 2.84. The Morgan fingerprint density at radius 3 is 3.00 bits per heavy atom. The van der Waals surface area contributed by atoms with Crippen LogP contribution in [-0.2, 0) is 0 Å². The molecule has 2 unspecified atom stereocenters. The summed E-state index contributed by atoms with van der Waals surface area (Å²) in [7, 11) is 0. The van der Waals surface area contributed by atoms with Crippen LogP contribution in [0.4, 0.5) is 0 Å². The molecule has 1 saturated carbocycles. The number of fused-ring (bicyclic) bond motifs is 1. The van der Waals surface area contributed by atoms with Crippen molar-refractivity contribution in [1.29, 1.82) is 0 Å². The van der Waals surface area contributed by atoms with Crippen molar-refractivity contribution in [2.24, 2.45) is 5.92 Å². The first-order chi connectivity index (χ1) is 4.97. The fourth-order valence-corrected chi connectivity index (χ4v) is 2.26. The highest BCUT2D eigenvalue weighted by Crippen LogP contribution is 2.29. The highest BCUT2D eigenvalue weighted by Gasteiger charge is 2.26. The van der Waals surface area contributed by atoms with E-state index in [0.717, 1.165) is 12.0 Å². The molecular formula is C9H16N. The van der Waals surface area contributed by atoms with Crippen molar-refractivity contribution in [2.75, 3.05) is 6.54 Å². The van der Waals surface area contributed by atoms with Crippen LogP contribution in [0.3, 0.4) is 0 Å². The first-order valence-corrected chi connectivity index (χ1v) is 4.53. The molecule has 0 aromatic rings. The topological polar surface area (TPSA) is 12.0 Å². The van der Waals surface area contributed by atoms with E-state index in [1.807, 2.05) is 0 Å². The third-order valence-corrected chi connectivity index (χ3v) is 2.84. The molecular weight excluding hydrogens is 122 g/mol. The molecule has 1 aliphatic carbocycles. The zero-order chi connectivity index (χ0) is 6.81. The second kappa shape index (κ2) is 2.91. The Hall–Kier alpha value is -0.0400. The van der Waals surface area contributed by atoms with Crippen molar-refractivity contribution in [2.45, 2.75) is 38.1 Å². The van der Waals surface area contributed by atoms with Crippen molar-refractivity contribution in [3.05, 3.63) is 6.42 Å². The van der Waals surface area contributed by atoms with Gasteiger partial charge in [0, 0.05) is 6.04 Å². The van der Waals surface area contributed by atoms with Gasteiger partial charge >= 0.3 is 0 Å². The van der Waals surface area contributed by atoms with Crippen LogP contribution >= 0.6 is 0 Å². The van der Waals surface area contributed by atoms with Crippen LogP contribution in [-0.4, -0.2) is 12.6 Å². The maximum Gasteiger partial charge on any atom is 0.00980 e. The maximum absolute atomic E-state index is 3.59. The first-order valence-electron chi connectivity index (χ1n) is 4.53. The Bertz CT molecular complexity index is 85.3. The number of hydrogen-bond acceptors (Lipinski definition) is 1. The summed E-state index contributed by atoms with van der Waals surface area (Å²) in [6.07, 6.45) is 9.59. The van der Waals surface area contributed by atoms with E-state index in [-0.39, 0.29) is 0 Å². The van der Waals surface area contributed by atoms with Crippen LogP contribution in [0.25, 0.3) is 0 Å². The van der Waals surface area contributed by atoms with Gasteiger partial charge in [0.15, 0.2) is 0 Å². The summed E-state index contributed by atoms with van der Waals surface area (Å²) >= 11 is 0. The summed E-state index contributed by atoms with van der Waals surface area (Å²) < 4.78 is 0. The number of hydrogen-bond donors (Lipinski definition) is 1. The highest BCUT2D eigenvalue weighted by atomic mass is 14.9. The molecule has 1 radical (unpaired) electrons. The molecule has 1 nitrogen and oxygen atoms in total. The molecule has 57 valence electrons. The molecule has 10 heavy (non-hydrogen) atoms. The van der Waals surface area contributed by atoms with Gasteiger partial charge in [0.05, 0.1) is 0 Å². The normalized spacial score (nSPS) is 40.8. The predicted molar refractivity (Wildman–Crippen MR) is 42.7 cm³/mol. The molecule has 0 aromatic carbocycles. The van der Waals surface area contributed by atoms with E-state index < -0.39 is 0 Å². The predicted octanol–water partition coefficient (Wildman–Crippen LogP) is 1.74. The quantitative estimate of drug-likeness (QED) is 0.537. The smallest absolute Gasteiger partial charge is 0.00980 e. The van der Waals surface area contributed by atoms with Gasteiger partial charge in [-0.05, 0) is 38.1 Å². The monoisotopic (exact) mass is 138 g/mol. The first kappa shape index (κ1) is 6.66. The van der Waals surface area contributed by atoms with Crippen molar-refractivity contribution in [3.8, 4) is 0 Å². The molecule has 2 rings (SSSR count). The molecule has 2 fully saturated rings. The van der Waals surface area contributed by atoms with Crippen molar-refractivity contribution in [3.63, 3.8) is 0 Å². The summed E-state index contributed by atoms with van der Waals surface area (Å²) in [6, 6.07) is 0.850. The Labute approximate surface area is 63.2 Å². The van der Waals surface area contributed by atoms with E-state index in [0.29, 0.717) is 0 Å². The lowest BCUT2D eigenvalue weighted by atomic mass is 9.80.